The summed E-state index contributed by atoms with van der Waals surface area (Å²) in [5.74, 6) is -1.33. The van der Waals surface area contributed by atoms with Gasteiger partial charge in [-0.1, -0.05) is 26.8 Å². The molecule has 0 aromatic carbocycles. The Labute approximate surface area is 251 Å². The standard InChI is InChI=1S/C33H42N4O6/c1-7-20-19(6)32(42)37-27(20)14-25-18(5)23(10-12-31(40)41)29(35-25)15-28-22(9-11-30(38)39)17(4)24(34-28)13-26-16(3)21(8-2)33(43)36-26/h9,15,19-20,31,34-35,40-41H,7-8,10-14H2,1-6H3,(H,38,39)/b22-9+,28-15-/t19-,20-/m1/s1. The molecule has 0 saturated carbocycles. The molecule has 2 atom stereocenters. The largest absolute Gasteiger partial charge is 0.481 e. The Morgan fingerprint density at radius 3 is 2.33 bits per heavy atom. The molecule has 0 radical (unpaired) electrons. The number of aliphatic hydroxyl groups is 2. The average molecular weight is 591 g/mol. The number of aliphatic hydroxyl groups excluding tert-OH is 1. The lowest BCUT2D eigenvalue weighted by molar-refractivity contribution is -0.135. The summed E-state index contributed by atoms with van der Waals surface area (Å²) in [6.45, 7) is 11.7. The number of rotatable bonds is 12. The van der Waals surface area contributed by atoms with E-state index in [1.54, 1.807) is 6.08 Å². The quantitative estimate of drug-likeness (QED) is 0.238. The molecule has 2 aromatic heterocycles. The second kappa shape index (κ2) is 13.2. The molecule has 2 amide bonds. The number of H-pyrrole nitrogens is 2. The summed E-state index contributed by atoms with van der Waals surface area (Å²) >= 11 is 0. The topological polar surface area (TPSA) is 168 Å². The van der Waals surface area contributed by atoms with Crippen molar-refractivity contribution in [3.8, 4) is 0 Å². The number of aliphatic carboxylic acids is 1. The molecule has 10 nitrogen and oxygen atoms in total. The average Bonchev–Trinajstić information content (AvgIpc) is 3.59. The van der Waals surface area contributed by atoms with Gasteiger partial charge in [0.25, 0.3) is 5.91 Å². The van der Waals surface area contributed by atoms with Gasteiger partial charge in [0.2, 0.25) is 5.91 Å². The lowest BCUT2D eigenvalue weighted by atomic mass is 9.87. The zero-order valence-electron chi connectivity index (χ0n) is 25.8. The number of nitrogens with one attached hydrogen (secondary N) is 2. The summed E-state index contributed by atoms with van der Waals surface area (Å²) < 4.78 is 0. The van der Waals surface area contributed by atoms with Gasteiger partial charge in [0.15, 0.2) is 6.29 Å². The maximum Gasteiger partial charge on any atom is 0.307 e. The molecule has 0 spiro atoms. The minimum atomic E-state index is -1.47. The number of amides is 2. The highest BCUT2D eigenvalue weighted by atomic mass is 16.5. The van der Waals surface area contributed by atoms with Crippen LogP contribution in [-0.4, -0.2) is 60.8 Å². The van der Waals surface area contributed by atoms with Crippen LogP contribution in [0.4, 0.5) is 0 Å². The highest BCUT2D eigenvalue weighted by molar-refractivity contribution is 6.19. The van der Waals surface area contributed by atoms with E-state index in [0.717, 1.165) is 56.7 Å². The van der Waals surface area contributed by atoms with Crippen molar-refractivity contribution in [1.82, 2.24) is 9.97 Å². The van der Waals surface area contributed by atoms with Crippen molar-refractivity contribution in [1.29, 1.82) is 0 Å². The molecule has 0 bridgehead atoms. The molecule has 4 rings (SSSR count). The number of aromatic nitrogens is 2. The molecular formula is C33H42N4O6. The minimum absolute atomic E-state index is 0.0762. The number of carboxylic acid groups (broad SMARTS) is 1. The molecule has 4 heterocycles. The van der Waals surface area contributed by atoms with E-state index >= 15 is 0 Å². The van der Waals surface area contributed by atoms with Crippen molar-refractivity contribution in [3.05, 3.63) is 55.5 Å². The van der Waals surface area contributed by atoms with Crippen molar-refractivity contribution in [2.75, 3.05) is 0 Å². The van der Waals surface area contributed by atoms with E-state index in [9.17, 15) is 29.7 Å². The van der Waals surface area contributed by atoms with E-state index in [-0.39, 0.29) is 36.5 Å². The number of allylic oxidation sites excluding steroid dienone is 1. The van der Waals surface area contributed by atoms with Crippen LogP contribution in [0.3, 0.4) is 0 Å². The number of aromatic amines is 2. The molecule has 5 N–H and O–H groups in total. The molecule has 0 saturated heterocycles. The number of hydrogen-bond donors (Lipinski definition) is 5. The zero-order chi connectivity index (χ0) is 31.6. The molecule has 2 aliphatic rings. The van der Waals surface area contributed by atoms with Gasteiger partial charge < -0.3 is 25.3 Å². The van der Waals surface area contributed by atoms with Gasteiger partial charge in [-0.15, -0.1) is 0 Å². The second-order valence-corrected chi connectivity index (χ2v) is 11.6. The van der Waals surface area contributed by atoms with Crippen LogP contribution in [0.25, 0.3) is 12.2 Å². The van der Waals surface area contributed by atoms with E-state index in [4.69, 9.17) is 0 Å². The van der Waals surface area contributed by atoms with Crippen molar-refractivity contribution in [2.45, 2.75) is 92.8 Å². The first-order valence-electron chi connectivity index (χ1n) is 15.0. The third-order valence-corrected chi connectivity index (χ3v) is 8.92. The molecule has 10 heteroatoms. The fourth-order valence-electron chi connectivity index (χ4n) is 6.28. The van der Waals surface area contributed by atoms with Gasteiger partial charge in [-0.05, 0) is 73.6 Å². The summed E-state index contributed by atoms with van der Waals surface area (Å²) in [6.07, 6.45) is 4.80. The Bertz CT molecular complexity index is 1670. The number of aliphatic imine (C=N–C) groups is 2. The van der Waals surface area contributed by atoms with Gasteiger partial charge in [0.05, 0.1) is 12.1 Å². The van der Waals surface area contributed by atoms with Crippen LogP contribution < -0.4 is 10.6 Å². The van der Waals surface area contributed by atoms with Gasteiger partial charge in [0.1, 0.15) is 0 Å². The Morgan fingerprint density at radius 1 is 1.02 bits per heavy atom. The maximum atomic E-state index is 12.4. The summed E-state index contributed by atoms with van der Waals surface area (Å²) in [7, 11) is 0. The van der Waals surface area contributed by atoms with Crippen LogP contribution in [0.2, 0.25) is 0 Å². The van der Waals surface area contributed by atoms with Crippen LogP contribution in [0, 0.1) is 25.7 Å². The third-order valence-electron chi connectivity index (χ3n) is 8.92. The van der Waals surface area contributed by atoms with Crippen molar-refractivity contribution in [3.63, 3.8) is 0 Å². The first kappa shape index (κ1) is 32.0. The Kier molecular flexibility index (Phi) is 9.82. The number of carboxylic acids is 1. The summed E-state index contributed by atoms with van der Waals surface area (Å²) in [6, 6.07) is 0. The molecule has 2 aromatic rings. The maximum absolute atomic E-state index is 12.4. The predicted molar refractivity (Wildman–Crippen MR) is 165 cm³/mol. The lowest BCUT2D eigenvalue weighted by Gasteiger charge is -2.14. The highest BCUT2D eigenvalue weighted by Gasteiger charge is 2.34. The SMILES string of the molecule is CCC1=C(C)C(Cc2[nH]c(=C\c3[nH]c(CC4=NC(=O)[C@H](C)[C@H]4CC)c(C)c3CCC(O)O)/c(=C/CC(=O)O)c2C)=NC1=O. The molecule has 0 aliphatic carbocycles. The third kappa shape index (κ3) is 6.70. The normalized spacial score (nSPS) is 19.8. The zero-order valence-corrected chi connectivity index (χ0v) is 25.8. The second-order valence-electron chi connectivity index (χ2n) is 11.6. The van der Waals surface area contributed by atoms with Crippen molar-refractivity contribution >= 4 is 41.4 Å². The van der Waals surface area contributed by atoms with Crippen LogP contribution in [0.1, 0.15) is 87.2 Å². The fourth-order valence-corrected chi connectivity index (χ4v) is 6.28. The van der Waals surface area contributed by atoms with Gasteiger partial charge >= 0.3 is 5.97 Å². The van der Waals surface area contributed by atoms with Crippen molar-refractivity contribution in [2.24, 2.45) is 21.8 Å². The summed E-state index contributed by atoms with van der Waals surface area (Å²) in [5, 5.41) is 30.1. The molecule has 0 unspecified atom stereocenters. The molecule has 43 heavy (non-hydrogen) atoms. The summed E-state index contributed by atoms with van der Waals surface area (Å²) in [4.78, 5) is 51.8. The van der Waals surface area contributed by atoms with Gasteiger partial charge in [-0.3, -0.25) is 14.4 Å². The number of nitrogens with zero attached hydrogens (tertiary/aromatic N) is 2. The van der Waals surface area contributed by atoms with E-state index in [0.29, 0.717) is 42.3 Å². The smallest absolute Gasteiger partial charge is 0.307 e. The number of hydrogen-bond acceptors (Lipinski definition) is 5. The number of carbonyl (C=O) groups is 3. The fraction of sp³-hybridized carbons (Fsp3) is 0.485. The first-order chi connectivity index (χ1) is 20.4. The lowest BCUT2D eigenvalue weighted by Crippen LogP contribution is -2.25. The molecule has 2 aliphatic heterocycles. The van der Waals surface area contributed by atoms with Crippen LogP contribution in [0.15, 0.2) is 21.1 Å². The molecular weight excluding hydrogens is 548 g/mol. The van der Waals surface area contributed by atoms with E-state index in [2.05, 4.69) is 26.9 Å². The van der Waals surface area contributed by atoms with Gasteiger partial charge in [0, 0.05) is 64.8 Å². The van der Waals surface area contributed by atoms with Crippen LogP contribution in [0.5, 0.6) is 0 Å². The van der Waals surface area contributed by atoms with Gasteiger partial charge in [-0.2, -0.15) is 0 Å². The van der Waals surface area contributed by atoms with E-state index < -0.39 is 12.3 Å². The Hall–Kier alpha value is -3.89. The molecule has 0 fully saturated rings. The highest BCUT2D eigenvalue weighted by Crippen LogP contribution is 2.29. The Morgan fingerprint density at radius 2 is 1.72 bits per heavy atom. The van der Waals surface area contributed by atoms with E-state index in [1.165, 1.54) is 0 Å². The predicted octanol–water partition coefficient (Wildman–Crippen LogP) is 2.72. The minimum Gasteiger partial charge on any atom is -0.481 e. The molecule has 230 valence electrons. The van der Waals surface area contributed by atoms with Crippen LogP contribution >= 0.6 is 0 Å². The summed E-state index contributed by atoms with van der Waals surface area (Å²) in [5.41, 5.74) is 8.37. The number of carbonyl (C=O) groups excluding carboxylic acids is 2. The van der Waals surface area contributed by atoms with Crippen molar-refractivity contribution < 1.29 is 29.7 Å². The Balaban J connectivity index is 1.83. The monoisotopic (exact) mass is 590 g/mol. The van der Waals surface area contributed by atoms with Crippen LogP contribution in [-0.2, 0) is 33.6 Å². The van der Waals surface area contributed by atoms with Gasteiger partial charge in [-0.25, -0.2) is 9.98 Å². The van der Waals surface area contributed by atoms with E-state index in [1.807, 2.05) is 40.7 Å². The first-order valence-corrected chi connectivity index (χ1v) is 15.0.